The molecule has 18 heavy (non-hydrogen) atoms. The van der Waals surface area contributed by atoms with E-state index < -0.39 is 17.6 Å². The van der Waals surface area contributed by atoms with Crippen molar-refractivity contribution in [2.75, 3.05) is 5.73 Å². The van der Waals surface area contributed by atoms with Gasteiger partial charge in [-0.05, 0) is 18.2 Å². The zero-order chi connectivity index (χ0) is 13.3. The molecule has 0 fully saturated rings. The van der Waals surface area contributed by atoms with Crippen LogP contribution >= 0.6 is 0 Å². The lowest BCUT2D eigenvalue weighted by Crippen LogP contribution is -2.05. The van der Waals surface area contributed by atoms with Crippen LogP contribution < -0.4 is 5.73 Å². The molecule has 0 radical (unpaired) electrons. The fraction of sp³-hybridized carbons (Fsp3) is 0. The van der Waals surface area contributed by atoms with Crippen LogP contribution in [0.4, 0.5) is 14.6 Å². The number of nitrogens with two attached hydrogens (primary N) is 1. The lowest BCUT2D eigenvalue weighted by atomic mass is 10.0. The van der Waals surface area contributed by atoms with Crippen molar-refractivity contribution in [1.29, 1.82) is 0 Å². The van der Waals surface area contributed by atoms with Crippen molar-refractivity contribution in [2.24, 2.45) is 0 Å². The van der Waals surface area contributed by atoms with E-state index in [1.54, 1.807) is 0 Å². The molecule has 0 bridgehead atoms. The second-order valence-electron chi connectivity index (χ2n) is 3.56. The molecule has 1 heterocycles. The van der Waals surface area contributed by atoms with Gasteiger partial charge in [-0.3, -0.25) is 0 Å². The Kier molecular flexibility index (Phi) is 2.93. The van der Waals surface area contributed by atoms with Crippen LogP contribution in [0.15, 0.2) is 30.5 Å². The number of hydrogen-bond acceptors (Lipinski definition) is 3. The molecule has 3 N–H and O–H groups in total. The Hall–Kier alpha value is -2.50. The Bertz CT molecular complexity index is 609. The summed E-state index contributed by atoms with van der Waals surface area (Å²) in [5.41, 5.74) is 4.77. The number of rotatable bonds is 2. The molecule has 2 aromatic rings. The summed E-state index contributed by atoms with van der Waals surface area (Å²) in [7, 11) is 0. The third kappa shape index (κ3) is 2.00. The van der Waals surface area contributed by atoms with E-state index in [4.69, 9.17) is 10.8 Å². The Balaban J connectivity index is 2.65. The SMILES string of the molecule is Nc1ncc(-c2c(F)cccc2F)cc1C(=O)O. The predicted molar refractivity (Wildman–Crippen MR) is 61.0 cm³/mol. The minimum Gasteiger partial charge on any atom is -0.478 e. The highest BCUT2D eigenvalue weighted by molar-refractivity contribution is 5.94. The smallest absolute Gasteiger partial charge is 0.339 e. The quantitative estimate of drug-likeness (QED) is 0.857. The zero-order valence-electron chi connectivity index (χ0n) is 9.02. The average molecular weight is 250 g/mol. The largest absolute Gasteiger partial charge is 0.478 e. The summed E-state index contributed by atoms with van der Waals surface area (Å²) in [6, 6.07) is 4.47. The van der Waals surface area contributed by atoms with E-state index in [2.05, 4.69) is 4.98 Å². The van der Waals surface area contributed by atoms with Crippen molar-refractivity contribution >= 4 is 11.8 Å². The number of carboxylic acids is 1. The van der Waals surface area contributed by atoms with E-state index >= 15 is 0 Å². The van der Waals surface area contributed by atoms with Gasteiger partial charge in [-0.25, -0.2) is 18.6 Å². The standard InChI is InChI=1S/C12H8F2N2O2/c13-8-2-1-3-9(14)10(8)6-4-7(12(17)18)11(15)16-5-6/h1-5H,(H2,15,16)(H,17,18). The third-order valence-electron chi connectivity index (χ3n) is 2.40. The Morgan fingerprint density at radius 2 is 1.89 bits per heavy atom. The van der Waals surface area contributed by atoms with Gasteiger partial charge >= 0.3 is 5.97 Å². The lowest BCUT2D eigenvalue weighted by Gasteiger charge is -2.07. The first kappa shape index (κ1) is 12.0. The minimum atomic E-state index is -1.31. The van der Waals surface area contributed by atoms with Gasteiger partial charge < -0.3 is 10.8 Å². The number of carboxylic acid groups (broad SMARTS) is 1. The maximum Gasteiger partial charge on any atom is 0.339 e. The summed E-state index contributed by atoms with van der Waals surface area (Å²) in [6.45, 7) is 0. The lowest BCUT2D eigenvalue weighted by molar-refractivity contribution is 0.0697. The third-order valence-corrected chi connectivity index (χ3v) is 2.40. The summed E-state index contributed by atoms with van der Waals surface area (Å²) in [4.78, 5) is 14.5. The highest BCUT2D eigenvalue weighted by Crippen LogP contribution is 2.27. The number of halogens is 2. The molecule has 0 saturated carbocycles. The Labute approximate surface area is 101 Å². The highest BCUT2D eigenvalue weighted by Gasteiger charge is 2.15. The van der Waals surface area contributed by atoms with E-state index in [1.165, 1.54) is 6.07 Å². The fourth-order valence-electron chi connectivity index (χ4n) is 1.56. The van der Waals surface area contributed by atoms with Gasteiger partial charge in [0.1, 0.15) is 23.0 Å². The van der Waals surface area contributed by atoms with E-state index in [1.807, 2.05) is 0 Å². The molecule has 0 amide bonds. The molecular formula is C12H8F2N2O2. The highest BCUT2D eigenvalue weighted by atomic mass is 19.1. The summed E-state index contributed by atoms with van der Waals surface area (Å²) in [5.74, 6) is -3.10. The first-order valence-electron chi connectivity index (χ1n) is 4.94. The van der Waals surface area contributed by atoms with Gasteiger partial charge in [0.25, 0.3) is 0 Å². The van der Waals surface area contributed by atoms with Gasteiger partial charge in [0, 0.05) is 11.8 Å². The topological polar surface area (TPSA) is 76.2 Å². The molecular weight excluding hydrogens is 242 g/mol. The van der Waals surface area contributed by atoms with E-state index in [0.717, 1.165) is 24.4 Å². The molecule has 0 spiro atoms. The number of pyridine rings is 1. The Morgan fingerprint density at radius 1 is 1.28 bits per heavy atom. The van der Waals surface area contributed by atoms with Crippen molar-refractivity contribution in [3.05, 3.63) is 47.7 Å². The molecule has 0 aliphatic rings. The predicted octanol–water partition coefficient (Wildman–Crippen LogP) is 2.31. The van der Waals surface area contributed by atoms with Crippen LogP contribution in [0.1, 0.15) is 10.4 Å². The number of aromatic nitrogens is 1. The number of aromatic carboxylic acids is 1. The van der Waals surface area contributed by atoms with Crippen molar-refractivity contribution in [3.63, 3.8) is 0 Å². The van der Waals surface area contributed by atoms with Gasteiger partial charge in [0.15, 0.2) is 0 Å². The summed E-state index contributed by atoms with van der Waals surface area (Å²) < 4.78 is 27.0. The van der Waals surface area contributed by atoms with Crippen LogP contribution in [0, 0.1) is 11.6 Å². The monoisotopic (exact) mass is 250 g/mol. The van der Waals surface area contributed by atoms with Crippen LogP contribution in [0.25, 0.3) is 11.1 Å². The molecule has 1 aromatic carbocycles. The number of hydrogen-bond donors (Lipinski definition) is 2. The molecule has 0 saturated heterocycles. The van der Waals surface area contributed by atoms with Gasteiger partial charge in [-0.1, -0.05) is 6.07 Å². The van der Waals surface area contributed by atoms with E-state index in [0.29, 0.717) is 0 Å². The number of benzene rings is 1. The molecule has 1 aromatic heterocycles. The Morgan fingerprint density at radius 3 is 2.44 bits per heavy atom. The molecule has 0 atom stereocenters. The number of nitrogens with zero attached hydrogens (tertiary/aromatic N) is 1. The number of anilines is 1. The van der Waals surface area contributed by atoms with Crippen LogP contribution in [-0.4, -0.2) is 16.1 Å². The average Bonchev–Trinajstić information content (AvgIpc) is 2.30. The summed E-state index contributed by atoms with van der Waals surface area (Å²) in [6.07, 6.45) is 1.13. The first-order valence-corrected chi connectivity index (χ1v) is 4.94. The van der Waals surface area contributed by atoms with Crippen molar-refractivity contribution in [2.45, 2.75) is 0 Å². The van der Waals surface area contributed by atoms with Crippen LogP contribution in [0.3, 0.4) is 0 Å². The van der Waals surface area contributed by atoms with Crippen molar-refractivity contribution < 1.29 is 18.7 Å². The van der Waals surface area contributed by atoms with Gasteiger partial charge in [0.05, 0.1) is 5.56 Å². The number of carbonyl (C=O) groups is 1. The fourth-order valence-corrected chi connectivity index (χ4v) is 1.56. The second-order valence-corrected chi connectivity index (χ2v) is 3.56. The van der Waals surface area contributed by atoms with E-state index in [-0.39, 0.29) is 22.5 Å². The normalized spacial score (nSPS) is 10.3. The maximum absolute atomic E-state index is 13.5. The van der Waals surface area contributed by atoms with Gasteiger partial charge in [-0.2, -0.15) is 0 Å². The second kappa shape index (κ2) is 4.40. The van der Waals surface area contributed by atoms with Crippen LogP contribution in [-0.2, 0) is 0 Å². The molecule has 92 valence electrons. The van der Waals surface area contributed by atoms with E-state index in [9.17, 15) is 13.6 Å². The van der Waals surface area contributed by atoms with Crippen molar-refractivity contribution in [1.82, 2.24) is 4.98 Å². The molecule has 0 aliphatic carbocycles. The molecule has 0 aliphatic heterocycles. The maximum atomic E-state index is 13.5. The molecule has 0 unspecified atom stereocenters. The molecule has 2 rings (SSSR count). The molecule has 4 nitrogen and oxygen atoms in total. The minimum absolute atomic E-state index is 0.0252. The summed E-state index contributed by atoms with van der Waals surface area (Å²) >= 11 is 0. The first-order chi connectivity index (χ1) is 8.50. The van der Waals surface area contributed by atoms with Crippen LogP contribution in [0.5, 0.6) is 0 Å². The van der Waals surface area contributed by atoms with Crippen molar-refractivity contribution in [3.8, 4) is 11.1 Å². The van der Waals surface area contributed by atoms with Gasteiger partial charge in [-0.15, -0.1) is 0 Å². The zero-order valence-corrected chi connectivity index (χ0v) is 9.02. The molecule has 6 heteroatoms. The summed E-state index contributed by atoms with van der Waals surface area (Å²) in [5, 5.41) is 8.87. The van der Waals surface area contributed by atoms with Gasteiger partial charge in [0.2, 0.25) is 0 Å². The number of nitrogen functional groups attached to an aromatic ring is 1. The van der Waals surface area contributed by atoms with Crippen LogP contribution in [0.2, 0.25) is 0 Å².